The van der Waals surface area contributed by atoms with Gasteiger partial charge in [-0.3, -0.25) is 14.7 Å². The van der Waals surface area contributed by atoms with Crippen LogP contribution in [0.15, 0.2) is 36.8 Å². The molecule has 7 heteroatoms. The molecule has 29 heavy (non-hydrogen) atoms. The van der Waals surface area contributed by atoms with Crippen molar-refractivity contribution in [3.05, 3.63) is 47.9 Å². The van der Waals surface area contributed by atoms with Gasteiger partial charge in [-0.2, -0.15) is 0 Å². The number of benzene rings is 1. The van der Waals surface area contributed by atoms with Gasteiger partial charge in [0, 0.05) is 63.8 Å². The topological polar surface area (TPSA) is 72.8 Å². The number of fused-ring (bicyclic) bond motifs is 1. The Morgan fingerprint density at radius 3 is 2.72 bits per heavy atom. The zero-order chi connectivity index (χ0) is 20.2. The molecule has 1 atom stereocenters. The van der Waals surface area contributed by atoms with Crippen LogP contribution < -0.4 is 9.80 Å². The Kier molecular flexibility index (Phi) is 6.06. The van der Waals surface area contributed by atoms with Gasteiger partial charge in [0.2, 0.25) is 5.91 Å². The summed E-state index contributed by atoms with van der Waals surface area (Å²) in [7, 11) is 0. The summed E-state index contributed by atoms with van der Waals surface area (Å²) in [5.41, 5.74) is 3.12. The van der Waals surface area contributed by atoms with E-state index in [4.69, 9.17) is 0 Å². The van der Waals surface area contributed by atoms with Gasteiger partial charge in [-0.15, -0.1) is 0 Å². The number of amides is 1. The van der Waals surface area contributed by atoms with Crippen LogP contribution in [-0.2, 0) is 11.2 Å². The van der Waals surface area contributed by atoms with Gasteiger partial charge in [0.05, 0.1) is 12.3 Å². The molecule has 0 radical (unpaired) electrons. The highest BCUT2D eigenvalue weighted by molar-refractivity contribution is 5.94. The van der Waals surface area contributed by atoms with Gasteiger partial charge in [-0.25, -0.2) is 4.98 Å². The molecule has 1 fully saturated rings. The first-order valence-corrected chi connectivity index (χ1v) is 10.5. The fraction of sp³-hybridized carbons (Fsp3) is 0.500. The first-order chi connectivity index (χ1) is 14.2. The standard InChI is InChI=1S/C22H29N5O2/c1-2-22(29)27-9-3-4-17-14-18(5-6-19(17)27)20(28)16-25-10-12-26(13-11-25)21-15-23-7-8-24-21/h5-8,14-15,20,28H,2-4,9-13,16H2,1H3. The maximum atomic E-state index is 12.2. The third kappa shape index (κ3) is 4.41. The minimum atomic E-state index is -0.527. The molecule has 0 bridgehead atoms. The van der Waals surface area contributed by atoms with Crippen LogP contribution in [0.2, 0.25) is 0 Å². The first-order valence-electron chi connectivity index (χ1n) is 10.5. The molecule has 0 saturated carbocycles. The molecule has 7 nitrogen and oxygen atoms in total. The minimum absolute atomic E-state index is 0.167. The Morgan fingerprint density at radius 2 is 2.00 bits per heavy atom. The van der Waals surface area contributed by atoms with Gasteiger partial charge in [-0.05, 0) is 30.0 Å². The number of rotatable bonds is 5. The van der Waals surface area contributed by atoms with E-state index in [1.54, 1.807) is 18.6 Å². The third-order valence-electron chi connectivity index (χ3n) is 5.89. The summed E-state index contributed by atoms with van der Waals surface area (Å²) in [6.45, 7) is 6.84. The maximum absolute atomic E-state index is 12.2. The fourth-order valence-corrected chi connectivity index (χ4v) is 4.24. The zero-order valence-electron chi connectivity index (χ0n) is 17.0. The number of aliphatic hydroxyl groups excluding tert-OH is 1. The monoisotopic (exact) mass is 395 g/mol. The van der Waals surface area contributed by atoms with Crippen LogP contribution in [-0.4, -0.2) is 65.2 Å². The van der Waals surface area contributed by atoms with Crippen molar-refractivity contribution in [3.8, 4) is 0 Å². The van der Waals surface area contributed by atoms with Crippen molar-refractivity contribution in [2.24, 2.45) is 0 Å². The van der Waals surface area contributed by atoms with Crippen molar-refractivity contribution in [3.63, 3.8) is 0 Å². The molecule has 154 valence electrons. The fourth-order valence-electron chi connectivity index (χ4n) is 4.24. The quantitative estimate of drug-likeness (QED) is 0.835. The van der Waals surface area contributed by atoms with Crippen LogP contribution in [0.25, 0.3) is 0 Å². The summed E-state index contributed by atoms with van der Waals surface area (Å²) in [5.74, 6) is 1.08. The van der Waals surface area contributed by atoms with E-state index in [0.29, 0.717) is 13.0 Å². The molecule has 1 aromatic carbocycles. The summed E-state index contributed by atoms with van der Waals surface area (Å²) in [6.07, 6.45) is 7.13. The molecule has 1 aromatic heterocycles. The second kappa shape index (κ2) is 8.88. The van der Waals surface area contributed by atoms with Crippen molar-refractivity contribution < 1.29 is 9.90 Å². The highest BCUT2D eigenvalue weighted by Gasteiger charge is 2.24. The number of aromatic nitrogens is 2. The van der Waals surface area contributed by atoms with E-state index >= 15 is 0 Å². The first kappa shape index (κ1) is 19.8. The van der Waals surface area contributed by atoms with E-state index in [-0.39, 0.29) is 5.91 Å². The van der Waals surface area contributed by atoms with E-state index in [0.717, 1.165) is 62.6 Å². The number of carbonyl (C=O) groups is 1. The van der Waals surface area contributed by atoms with Gasteiger partial charge in [-0.1, -0.05) is 19.1 Å². The lowest BCUT2D eigenvalue weighted by atomic mass is 9.96. The molecule has 1 N–H and O–H groups in total. The van der Waals surface area contributed by atoms with E-state index in [1.807, 2.05) is 24.0 Å². The van der Waals surface area contributed by atoms with Crippen molar-refractivity contribution >= 4 is 17.4 Å². The summed E-state index contributed by atoms with van der Waals surface area (Å²) in [4.78, 5) is 27.1. The number of anilines is 2. The van der Waals surface area contributed by atoms with E-state index in [9.17, 15) is 9.90 Å². The lowest BCUT2D eigenvalue weighted by molar-refractivity contribution is -0.118. The Hall–Kier alpha value is -2.51. The number of hydrogen-bond acceptors (Lipinski definition) is 6. The van der Waals surface area contributed by atoms with E-state index in [1.165, 1.54) is 5.56 Å². The molecule has 0 spiro atoms. The molecule has 2 aliphatic heterocycles. The van der Waals surface area contributed by atoms with E-state index in [2.05, 4.69) is 25.8 Å². The van der Waals surface area contributed by atoms with Crippen LogP contribution >= 0.6 is 0 Å². The SMILES string of the molecule is CCC(=O)N1CCCc2cc(C(O)CN3CCN(c4cnccn4)CC3)ccc21. The Morgan fingerprint density at radius 1 is 1.17 bits per heavy atom. The van der Waals surface area contributed by atoms with E-state index < -0.39 is 6.10 Å². The minimum Gasteiger partial charge on any atom is -0.387 e. The largest absolute Gasteiger partial charge is 0.387 e. The van der Waals surface area contributed by atoms with Gasteiger partial charge in [0.1, 0.15) is 5.82 Å². The predicted octanol–water partition coefficient (Wildman–Crippen LogP) is 2.02. The summed E-state index contributed by atoms with van der Waals surface area (Å²) >= 11 is 0. The predicted molar refractivity (Wildman–Crippen MR) is 113 cm³/mol. The molecule has 1 unspecified atom stereocenters. The number of aryl methyl sites for hydroxylation is 1. The summed E-state index contributed by atoms with van der Waals surface area (Å²) in [6, 6.07) is 6.07. The van der Waals surface area contributed by atoms with Crippen LogP contribution in [0, 0.1) is 0 Å². The normalized spacial score (nSPS) is 18.4. The van der Waals surface area contributed by atoms with Crippen molar-refractivity contribution in [2.75, 3.05) is 49.1 Å². The van der Waals surface area contributed by atoms with Crippen LogP contribution in [0.4, 0.5) is 11.5 Å². The highest BCUT2D eigenvalue weighted by atomic mass is 16.3. The number of carbonyl (C=O) groups excluding carboxylic acids is 1. The summed E-state index contributed by atoms with van der Waals surface area (Å²) in [5, 5.41) is 10.8. The smallest absolute Gasteiger partial charge is 0.226 e. The Labute approximate surface area is 172 Å². The zero-order valence-corrected chi connectivity index (χ0v) is 17.0. The molecule has 2 aromatic rings. The van der Waals surface area contributed by atoms with Gasteiger partial charge >= 0.3 is 0 Å². The molecular weight excluding hydrogens is 366 g/mol. The number of aliphatic hydroxyl groups is 1. The Bertz CT molecular complexity index is 836. The molecule has 1 amide bonds. The molecular formula is C22H29N5O2. The van der Waals surface area contributed by atoms with Crippen molar-refractivity contribution in [2.45, 2.75) is 32.3 Å². The maximum Gasteiger partial charge on any atom is 0.226 e. The second-order valence-corrected chi connectivity index (χ2v) is 7.76. The van der Waals surface area contributed by atoms with Gasteiger partial charge in [0.15, 0.2) is 0 Å². The molecule has 2 aliphatic rings. The Balaban J connectivity index is 1.37. The van der Waals surface area contributed by atoms with Crippen LogP contribution in [0.1, 0.15) is 37.0 Å². The van der Waals surface area contributed by atoms with Crippen molar-refractivity contribution in [1.29, 1.82) is 0 Å². The lowest BCUT2D eigenvalue weighted by Crippen LogP contribution is -2.47. The van der Waals surface area contributed by atoms with Gasteiger partial charge in [0.25, 0.3) is 0 Å². The van der Waals surface area contributed by atoms with Gasteiger partial charge < -0.3 is 14.9 Å². The lowest BCUT2D eigenvalue weighted by Gasteiger charge is -2.36. The number of nitrogens with zero attached hydrogens (tertiary/aromatic N) is 5. The van der Waals surface area contributed by atoms with Crippen molar-refractivity contribution in [1.82, 2.24) is 14.9 Å². The number of β-amino-alcohol motifs (C(OH)–C–C–N with tert-alkyl or cyclic N) is 1. The molecule has 3 heterocycles. The average Bonchev–Trinajstić information content (AvgIpc) is 2.78. The van der Waals surface area contributed by atoms with Crippen LogP contribution in [0.5, 0.6) is 0 Å². The third-order valence-corrected chi connectivity index (χ3v) is 5.89. The summed E-state index contributed by atoms with van der Waals surface area (Å²) < 4.78 is 0. The average molecular weight is 396 g/mol. The molecule has 1 saturated heterocycles. The number of hydrogen-bond donors (Lipinski definition) is 1. The van der Waals surface area contributed by atoms with Crippen LogP contribution in [0.3, 0.4) is 0 Å². The highest BCUT2D eigenvalue weighted by Crippen LogP contribution is 2.30. The second-order valence-electron chi connectivity index (χ2n) is 7.76. The molecule has 4 rings (SSSR count). The molecule has 0 aliphatic carbocycles. The number of piperazine rings is 1.